The van der Waals surface area contributed by atoms with E-state index in [1.807, 2.05) is 34.0 Å². The third-order valence-corrected chi connectivity index (χ3v) is 5.64. The van der Waals surface area contributed by atoms with Gasteiger partial charge in [0.15, 0.2) is 5.69 Å². The Morgan fingerprint density at radius 1 is 1.11 bits per heavy atom. The highest BCUT2D eigenvalue weighted by atomic mass is 16.2. The number of amides is 1. The molecule has 1 amide bonds. The topological polar surface area (TPSA) is 102 Å². The molecule has 8 nitrogen and oxygen atoms in total. The van der Waals surface area contributed by atoms with Gasteiger partial charge in [-0.3, -0.25) is 4.79 Å². The molecule has 0 radical (unpaired) electrons. The molecule has 3 N–H and O–H groups in total. The van der Waals surface area contributed by atoms with E-state index in [1.54, 1.807) is 6.20 Å². The maximum absolute atomic E-state index is 12.8. The number of likely N-dealkylation sites (tertiary alicyclic amines) is 1. The summed E-state index contributed by atoms with van der Waals surface area (Å²) >= 11 is 0. The fourth-order valence-corrected chi connectivity index (χ4v) is 3.97. The van der Waals surface area contributed by atoms with Crippen molar-refractivity contribution in [2.24, 2.45) is 5.73 Å². The molecule has 1 saturated carbocycles. The molecule has 2 fully saturated rings. The lowest BCUT2D eigenvalue weighted by molar-refractivity contribution is 0.0712. The van der Waals surface area contributed by atoms with Crippen molar-refractivity contribution in [3.63, 3.8) is 0 Å². The lowest BCUT2D eigenvalue weighted by Crippen LogP contribution is -2.42. The standard InChI is InChI=1S/C19H27N7O/c20-14-4-6-16(7-5-14)26-13-17(23-24-26)19(27)25-11-8-15(9-12-25)22-18-3-1-2-10-21-18/h1-3,10,13-16H,4-9,11-12,20H2,(H,21,22). The van der Waals surface area contributed by atoms with Gasteiger partial charge in [0.25, 0.3) is 5.91 Å². The maximum Gasteiger partial charge on any atom is 0.276 e. The van der Waals surface area contributed by atoms with Crippen molar-refractivity contribution in [3.8, 4) is 0 Å². The van der Waals surface area contributed by atoms with Crippen LogP contribution in [0, 0.1) is 0 Å². The van der Waals surface area contributed by atoms with E-state index >= 15 is 0 Å². The molecule has 0 spiro atoms. The molecule has 2 aliphatic rings. The highest BCUT2D eigenvalue weighted by Gasteiger charge is 2.27. The summed E-state index contributed by atoms with van der Waals surface area (Å²) in [5.41, 5.74) is 6.42. The van der Waals surface area contributed by atoms with E-state index in [0.717, 1.165) is 44.3 Å². The van der Waals surface area contributed by atoms with Crippen LogP contribution < -0.4 is 11.1 Å². The number of carbonyl (C=O) groups is 1. The van der Waals surface area contributed by atoms with Crippen molar-refractivity contribution in [1.82, 2.24) is 24.9 Å². The van der Waals surface area contributed by atoms with Crippen LogP contribution in [0.1, 0.15) is 55.1 Å². The first-order valence-corrected chi connectivity index (χ1v) is 9.83. The van der Waals surface area contributed by atoms with E-state index in [4.69, 9.17) is 5.73 Å². The molecule has 0 bridgehead atoms. The Hall–Kier alpha value is -2.48. The molecular weight excluding hydrogens is 342 g/mol. The Bertz CT molecular complexity index is 746. The molecule has 8 heteroatoms. The lowest BCUT2D eigenvalue weighted by Gasteiger charge is -2.32. The average molecular weight is 369 g/mol. The third-order valence-electron chi connectivity index (χ3n) is 5.64. The number of pyridine rings is 1. The minimum absolute atomic E-state index is 0.0231. The van der Waals surface area contributed by atoms with Crippen molar-refractivity contribution < 1.29 is 4.79 Å². The van der Waals surface area contributed by atoms with Crippen LogP contribution in [-0.2, 0) is 0 Å². The highest BCUT2D eigenvalue weighted by Crippen LogP contribution is 2.27. The number of nitrogens with one attached hydrogen (secondary N) is 1. The van der Waals surface area contributed by atoms with Crippen LogP contribution in [0.25, 0.3) is 0 Å². The number of carbonyl (C=O) groups excluding carboxylic acids is 1. The van der Waals surface area contributed by atoms with Gasteiger partial charge in [0, 0.05) is 31.4 Å². The Kier molecular flexibility index (Phi) is 5.33. The summed E-state index contributed by atoms with van der Waals surface area (Å²) in [4.78, 5) is 19.0. The van der Waals surface area contributed by atoms with Crippen LogP contribution in [0.2, 0.25) is 0 Å². The zero-order valence-electron chi connectivity index (χ0n) is 15.5. The quantitative estimate of drug-likeness (QED) is 0.852. The van der Waals surface area contributed by atoms with E-state index < -0.39 is 0 Å². The number of hydrogen-bond donors (Lipinski definition) is 2. The van der Waals surface area contributed by atoms with Gasteiger partial charge in [-0.15, -0.1) is 5.10 Å². The van der Waals surface area contributed by atoms with Crippen molar-refractivity contribution >= 4 is 11.7 Å². The van der Waals surface area contributed by atoms with Gasteiger partial charge >= 0.3 is 0 Å². The van der Waals surface area contributed by atoms with Gasteiger partial charge in [-0.1, -0.05) is 11.3 Å². The van der Waals surface area contributed by atoms with E-state index in [2.05, 4.69) is 20.6 Å². The van der Waals surface area contributed by atoms with Crippen molar-refractivity contribution in [1.29, 1.82) is 0 Å². The number of piperidine rings is 1. The summed E-state index contributed by atoms with van der Waals surface area (Å²) in [6.45, 7) is 1.43. The van der Waals surface area contributed by atoms with Crippen LogP contribution in [0.3, 0.4) is 0 Å². The van der Waals surface area contributed by atoms with Gasteiger partial charge in [0.2, 0.25) is 0 Å². The van der Waals surface area contributed by atoms with E-state index in [1.165, 1.54) is 0 Å². The molecule has 0 atom stereocenters. The first-order chi connectivity index (χ1) is 13.2. The summed E-state index contributed by atoms with van der Waals surface area (Å²) in [5, 5.41) is 11.8. The number of rotatable bonds is 4. The minimum atomic E-state index is -0.0231. The second-order valence-corrected chi connectivity index (χ2v) is 7.58. The van der Waals surface area contributed by atoms with Gasteiger partial charge in [-0.25, -0.2) is 9.67 Å². The molecule has 1 saturated heterocycles. The van der Waals surface area contributed by atoms with Crippen LogP contribution in [0.15, 0.2) is 30.6 Å². The number of hydrogen-bond acceptors (Lipinski definition) is 6. The number of aromatic nitrogens is 4. The first-order valence-electron chi connectivity index (χ1n) is 9.83. The molecule has 0 aromatic carbocycles. The summed E-state index contributed by atoms with van der Waals surface area (Å²) in [6, 6.07) is 6.79. The third kappa shape index (κ3) is 4.27. The molecule has 27 heavy (non-hydrogen) atoms. The van der Waals surface area contributed by atoms with Crippen LogP contribution in [0.4, 0.5) is 5.82 Å². The fraction of sp³-hybridized carbons (Fsp3) is 0.579. The molecule has 2 aromatic heterocycles. The summed E-state index contributed by atoms with van der Waals surface area (Å²) in [7, 11) is 0. The van der Waals surface area contributed by atoms with Crippen molar-refractivity contribution in [3.05, 3.63) is 36.3 Å². The molecule has 3 heterocycles. The van der Waals surface area contributed by atoms with Gasteiger partial charge in [0.05, 0.1) is 12.2 Å². The first kappa shape index (κ1) is 17.9. The van der Waals surface area contributed by atoms with Crippen LogP contribution in [0.5, 0.6) is 0 Å². The van der Waals surface area contributed by atoms with Crippen LogP contribution >= 0.6 is 0 Å². The molecule has 144 valence electrons. The Morgan fingerprint density at radius 3 is 2.59 bits per heavy atom. The molecular formula is C19H27N7O. The second-order valence-electron chi connectivity index (χ2n) is 7.58. The Balaban J connectivity index is 1.30. The average Bonchev–Trinajstić information content (AvgIpc) is 3.20. The number of nitrogens with zero attached hydrogens (tertiary/aromatic N) is 5. The zero-order chi connectivity index (χ0) is 18.6. The number of nitrogens with two attached hydrogens (primary N) is 1. The summed E-state index contributed by atoms with van der Waals surface area (Å²) < 4.78 is 1.86. The molecule has 2 aromatic rings. The van der Waals surface area contributed by atoms with Gasteiger partial charge in [-0.05, 0) is 50.7 Å². The fourth-order valence-electron chi connectivity index (χ4n) is 3.97. The van der Waals surface area contributed by atoms with E-state index in [-0.39, 0.29) is 5.91 Å². The Labute approximate surface area is 159 Å². The molecule has 1 aliphatic heterocycles. The second kappa shape index (κ2) is 8.04. The predicted molar refractivity (Wildman–Crippen MR) is 102 cm³/mol. The SMILES string of the molecule is NC1CCC(n2cc(C(=O)N3CCC(Nc4ccccn4)CC3)nn2)CC1. The monoisotopic (exact) mass is 369 g/mol. The normalized spacial score (nSPS) is 24.0. The largest absolute Gasteiger partial charge is 0.367 e. The smallest absolute Gasteiger partial charge is 0.276 e. The Morgan fingerprint density at radius 2 is 1.89 bits per heavy atom. The van der Waals surface area contributed by atoms with Gasteiger partial charge in [-0.2, -0.15) is 0 Å². The highest BCUT2D eigenvalue weighted by molar-refractivity contribution is 5.92. The lowest BCUT2D eigenvalue weighted by atomic mass is 9.92. The summed E-state index contributed by atoms with van der Waals surface area (Å²) in [6.07, 6.45) is 9.40. The molecule has 4 rings (SSSR count). The number of anilines is 1. The maximum atomic E-state index is 12.8. The zero-order valence-corrected chi connectivity index (χ0v) is 15.5. The summed E-state index contributed by atoms with van der Waals surface area (Å²) in [5.74, 6) is 0.863. The molecule has 1 aliphatic carbocycles. The van der Waals surface area contributed by atoms with E-state index in [9.17, 15) is 4.79 Å². The van der Waals surface area contributed by atoms with E-state index in [0.29, 0.717) is 36.9 Å². The molecule has 0 unspecified atom stereocenters. The van der Waals surface area contributed by atoms with Gasteiger partial charge in [0.1, 0.15) is 5.82 Å². The minimum Gasteiger partial charge on any atom is -0.367 e. The van der Waals surface area contributed by atoms with Crippen LogP contribution in [-0.4, -0.2) is 56.0 Å². The van der Waals surface area contributed by atoms with Gasteiger partial charge < -0.3 is 16.0 Å². The van der Waals surface area contributed by atoms with Crippen molar-refractivity contribution in [2.75, 3.05) is 18.4 Å². The van der Waals surface area contributed by atoms with Crippen molar-refractivity contribution in [2.45, 2.75) is 56.7 Å². The predicted octanol–water partition coefficient (Wildman–Crippen LogP) is 1.83.